The van der Waals surface area contributed by atoms with E-state index in [2.05, 4.69) is 12.2 Å². The number of carbonyl (C=O) groups excluding carboxylic acids is 1. The predicted molar refractivity (Wildman–Crippen MR) is 90.5 cm³/mol. The zero-order chi connectivity index (χ0) is 15.9. The van der Waals surface area contributed by atoms with Crippen LogP contribution in [0.5, 0.6) is 0 Å². The van der Waals surface area contributed by atoms with Crippen LogP contribution >= 0.6 is 0 Å². The summed E-state index contributed by atoms with van der Waals surface area (Å²) in [5.74, 6) is 0.602. The third-order valence-corrected chi connectivity index (χ3v) is 4.38. The van der Waals surface area contributed by atoms with E-state index in [4.69, 9.17) is 4.74 Å². The van der Waals surface area contributed by atoms with E-state index in [1.54, 1.807) is 0 Å². The molecular formula is C18H28N2O2. The van der Waals surface area contributed by atoms with E-state index in [9.17, 15) is 4.79 Å². The molecule has 2 atom stereocenters. The van der Waals surface area contributed by atoms with Crippen molar-refractivity contribution in [2.45, 2.75) is 38.7 Å². The molecule has 122 valence electrons. The second-order valence-corrected chi connectivity index (χ2v) is 6.37. The SMILES string of the molecule is C[C@@H]1CCCC[C@@H]1OCCNC(=O)c1cccc(N(C)C)c1. The van der Waals surface area contributed by atoms with Crippen LogP contribution in [0.3, 0.4) is 0 Å². The van der Waals surface area contributed by atoms with Crippen molar-refractivity contribution in [3.05, 3.63) is 29.8 Å². The van der Waals surface area contributed by atoms with Gasteiger partial charge in [0.25, 0.3) is 5.91 Å². The zero-order valence-electron chi connectivity index (χ0n) is 14.0. The second-order valence-electron chi connectivity index (χ2n) is 6.37. The summed E-state index contributed by atoms with van der Waals surface area (Å²) in [5.41, 5.74) is 1.72. The Morgan fingerprint density at radius 2 is 2.09 bits per heavy atom. The molecule has 1 aromatic rings. The second kappa shape index (κ2) is 8.18. The van der Waals surface area contributed by atoms with Gasteiger partial charge in [0.1, 0.15) is 0 Å². The van der Waals surface area contributed by atoms with Crippen LogP contribution in [0.25, 0.3) is 0 Å². The third kappa shape index (κ3) is 4.73. The molecule has 1 aliphatic rings. The molecule has 0 unspecified atom stereocenters. The van der Waals surface area contributed by atoms with Gasteiger partial charge >= 0.3 is 0 Å². The monoisotopic (exact) mass is 304 g/mol. The van der Waals surface area contributed by atoms with Gasteiger partial charge in [-0.25, -0.2) is 0 Å². The highest BCUT2D eigenvalue weighted by atomic mass is 16.5. The highest BCUT2D eigenvalue weighted by Crippen LogP contribution is 2.25. The number of hydrogen-bond donors (Lipinski definition) is 1. The van der Waals surface area contributed by atoms with Crippen LogP contribution in [0.2, 0.25) is 0 Å². The van der Waals surface area contributed by atoms with Crippen molar-refractivity contribution in [3.8, 4) is 0 Å². The number of carbonyl (C=O) groups is 1. The Morgan fingerprint density at radius 3 is 2.82 bits per heavy atom. The smallest absolute Gasteiger partial charge is 0.251 e. The topological polar surface area (TPSA) is 41.6 Å². The normalized spacial score (nSPS) is 21.4. The Labute approximate surface area is 133 Å². The molecule has 0 spiro atoms. The van der Waals surface area contributed by atoms with Crippen LogP contribution < -0.4 is 10.2 Å². The first kappa shape index (κ1) is 16.8. The Morgan fingerprint density at radius 1 is 1.32 bits per heavy atom. The average molecular weight is 304 g/mol. The number of amides is 1. The summed E-state index contributed by atoms with van der Waals surface area (Å²) >= 11 is 0. The standard InChI is InChI=1S/C18H28N2O2/c1-14-7-4-5-10-17(14)22-12-11-19-18(21)15-8-6-9-16(13-15)20(2)3/h6,8-9,13-14,17H,4-5,7,10-12H2,1-3H3,(H,19,21)/t14-,17+/m1/s1. The summed E-state index contributed by atoms with van der Waals surface area (Å²) in [6, 6.07) is 7.64. The minimum Gasteiger partial charge on any atom is -0.378 e. The number of nitrogens with one attached hydrogen (secondary N) is 1. The molecule has 0 heterocycles. The molecule has 1 N–H and O–H groups in total. The van der Waals surface area contributed by atoms with Crippen LogP contribution in [-0.4, -0.2) is 39.3 Å². The molecule has 22 heavy (non-hydrogen) atoms. The van der Waals surface area contributed by atoms with Crippen molar-refractivity contribution in [1.29, 1.82) is 0 Å². The number of rotatable bonds is 6. The number of benzene rings is 1. The highest BCUT2D eigenvalue weighted by molar-refractivity contribution is 5.95. The Balaban J connectivity index is 1.74. The summed E-state index contributed by atoms with van der Waals surface area (Å²) in [5, 5.41) is 2.94. The number of nitrogens with zero attached hydrogens (tertiary/aromatic N) is 1. The zero-order valence-corrected chi connectivity index (χ0v) is 14.0. The molecule has 1 saturated carbocycles. The predicted octanol–water partition coefficient (Wildman–Crippen LogP) is 3.08. The van der Waals surface area contributed by atoms with Gasteiger partial charge in [0.15, 0.2) is 0 Å². The fourth-order valence-electron chi connectivity index (χ4n) is 2.93. The Hall–Kier alpha value is -1.55. The van der Waals surface area contributed by atoms with Gasteiger partial charge < -0.3 is 15.0 Å². The molecule has 1 amide bonds. The van der Waals surface area contributed by atoms with Crippen LogP contribution in [0.15, 0.2) is 24.3 Å². The maximum atomic E-state index is 12.1. The Kier molecular flexibility index (Phi) is 6.25. The molecule has 0 bridgehead atoms. The van der Waals surface area contributed by atoms with Crippen molar-refractivity contribution < 1.29 is 9.53 Å². The van der Waals surface area contributed by atoms with E-state index in [0.29, 0.717) is 30.7 Å². The number of hydrogen-bond acceptors (Lipinski definition) is 3. The molecule has 0 radical (unpaired) electrons. The van der Waals surface area contributed by atoms with E-state index in [-0.39, 0.29) is 5.91 Å². The molecule has 2 rings (SSSR count). The minimum absolute atomic E-state index is 0.0380. The quantitative estimate of drug-likeness (QED) is 0.821. The van der Waals surface area contributed by atoms with Gasteiger partial charge in [-0.05, 0) is 37.0 Å². The van der Waals surface area contributed by atoms with E-state index in [0.717, 1.165) is 12.1 Å². The summed E-state index contributed by atoms with van der Waals surface area (Å²) < 4.78 is 5.92. The maximum Gasteiger partial charge on any atom is 0.251 e. The van der Waals surface area contributed by atoms with Crippen molar-refractivity contribution in [3.63, 3.8) is 0 Å². The molecule has 0 saturated heterocycles. The lowest BCUT2D eigenvalue weighted by atomic mass is 9.88. The molecule has 1 fully saturated rings. The van der Waals surface area contributed by atoms with Gasteiger partial charge in [-0.3, -0.25) is 4.79 Å². The van der Waals surface area contributed by atoms with E-state index >= 15 is 0 Å². The van der Waals surface area contributed by atoms with Gasteiger partial charge in [-0.2, -0.15) is 0 Å². The van der Waals surface area contributed by atoms with Gasteiger partial charge in [-0.1, -0.05) is 25.8 Å². The summed E-state index contributed by atoms with van der Waals surface area (Å²) in [6.45, 7) is 3.41. The lowest BCUT2D eigenvalue weighted by Crippen LogP contribution is -2.31. The lowest BCUT2D eigenvalue weighted by Gasteiger charge is -2.28. The van der Waals surface area contributed by atoms with E-state index in [1.165, 1.54) is 19.3 Å². The van der Waals surface area contributed by atoms with Crippen molar-refractivity contribution >= 4 is 11.6 Å². The van der Waals surface area contributed by atoms with Gasteiger partial charge in [0, 0.05) is 31.9 Å². The fraction of sp³-hybridized carbons (Fsp3) is 0.611. The third-order valence-electron chi connectivity index (χ3n) is 4.38. The highest BCUT2D eigenvalue weighted by Gasteiger charge is 2.21. The summed E-state index contributed by atoms with van der Waals surface area (Å²) in [4.78, 5) is 14.1. The Bertz CT molecular complexity index is 488. The molecule has 0 aromatic heterocycles. The first-order valence-electron chi connectivity index (χ1n) is 8.25. The lowest BCUT2D eigenvalue weighted by molar-refractivity contribution is -0.00293. The van der Waals surface area contributed by atoms with Gasteiger partial charge in [0.2, 0.25) is 0 Å². The van der Waals surface area contributed by atoms with Crippen molar-refractivity contribution in [2.75, 3.05) is 32.1 Å². The first-order valence-corrected chi connectivity index (χ1v) is 8.25. The van der Waals surface area contributed by atoms with E-state index < -0.39 is 0 Å². The van der Waals surface area contributed by atoms with Crippen molar-refractivity contribution in [1.82, 2.24) is 5.32 Å². The summed E-state index contributed by atoms with van der Waals surface area (Å²) in [6.07, 6.45) is 5.36. The van der Waals surface area contributed by atoms with Crippen molar-refractivity contribution in [2.24, 2.45) is 5.92 Å². The molecule has 1 aromatic carbocycles. The number of anilines is 1. The van der Waals surface area contributed by atoms with Gasteiger partial charge in [-0.15, -0.1) is 0 Å². The van der Waals surface area contributed by atoms with E-state index in [1.807, 2.05) is 43.3 Å². The largest absolute Gasteiger partial charge is 0.378 e. The van der Waals surface area contributed by atoms with Crippen LogP contribution in [-0.2, 0) is 4.74 Å². The molecule has 4 heteroatoms. The van der Waals surface area contributed by atoms with Crippen LogP contribution in [0.4, 0.5) is 5.69 Å². The molecular weight excluding hydrogens is 276 g/mol. The van der Waals surface area contributed by atoms with Crippen LogP contribution in [0, 0.1) is 5.92 Å². The fourth-order valence-corrected chi connectivity index (χ4v) is 2.93. The summed E-state index contributed by atoms with van der Waals surface area (Å²) in [7, 11) is 3.94. The molecule has 1 aliphatic carbocycles. The maximum absolute atomic E-state index is 12.1. The number of ether oxygens (including phenoxy) is 1. The molecule has 0 aliphatic heterocycles. The van der Waals surface area contributed by atoms with Crippen LogP contribution in [0.1, 0.15) is 43.0 Å². The minimum atomic E-state index is -0.0380. The first-order chi connectivity index (χ1) is 10.6. The van der Waals surface area contributed by atoms with Gasteiger partial charge in [0.05, 0.1) is 12.7 Å². The average Bonchev–Trinajstić information content (AvgIpc) is 2.53. The molecule has 4 nitrogen and oxygen atoms in total.